The lowest BCUT2D eigenvalue weighted by Gasteiger charge is -2.13. The first-order valence-corrected chi connectivity index (χ1v) is 6.01. The van der Waals surface area contributed by atoms with Crippen molar-refractivity contribution >= 4 is 22.6 Å². The van der Waals surface area contributed by atoms with Crippen LogP contribution in [0.25, 0.3) is 0 Å². The smallest absolute Gasteiger partial charge is 0.0291 e. The van der Waals surface area contributed by atoms with Gasteiger partial charge in [0.2, 0.25) is 0 Å². The highest BCUT2D eigenvalue weighted by Crippen LogP contribution is 2.14. The molecular weight excluding hydrogens is 287 g/mol. The van der Waals surface area contributed by atoms with Crippen LogP contribution >= 0.6 is 22.6 Å². The fourth-order valence-corrected chi connectivity index (χ4v) is 1.65. The van der Waals surface area contributed by atoms with Crippen LogP contribution in [0, 0.1) is 3.57 Å². The largest absolute Gasteiger partial charge is 0.330 e. The van der Waals surface area contributed by atoms with E-state index in [1.807, 2.05) is 0 Å². The van der Waals surface area contributed by atoms with Crippen molar-refractivity contribution in [2.24, 2.45) is 5.73 Å². The lowest BCUT2D eigenvalue weighted by atomic mass is 10.1. The van der Waals surface area contributed by atoms with Crippen LogP contribution in [-0.4, -0.2) is 13.1 Å². The fourth-order valence-electron chi connectivity index (χ4n) is 1.29. The third-order valence-electron chi connectivity index (χ3n) is 2.20. The van der Waals surface area contributed by atoms with Gasteiger partial charge in [-0.25, -0.2) is 0 Å². The number of benzene rings is 1. The molecular formula is C11H17IN2. The highest BCUT2D eigenvalue weighted by atomic mass is 127. The maximum absolute atomic E-state index is 5.43. The van der Waals surface area contributed by atoms with E-state index in [-0.39, 0.29) is 0 Å². The summed E-state index contributed by atoms with van der Waals surface area (Å²) in [5.41, 5.74) is 6.77. The lowest BCUT2D eigenvalue weighted by molar-refractivity contribution is 0.562. The topological polar surface area (TPSA) is 38.0 Å². The molecule has 3 N–H and O–H groups in total. The molecule has 3 heteroatoms. The second-order valence-corrected chi connectivity index (χ2v) is 4.62. The van der Waals surface area contributed by atoms with Crippen molar-refractivity contribution in [3.63, 3.8) is 0 Å². The van der Waals surface area contributed by atoms with Crippen LogP contribution in [0.1, 0.15) is 24.9 Å². The van der Waals surface area contributed by atoms with E-state index >= 15 is 0 Å². The Balaban J connectivity index is 2.43. The Labute approximate surface area is 99.4 Å². The molecule has 14 heavy (non-hydrogen) atoms. The van der Waals surface area contributed by atoms with Gasteiger partial charge in [0.1, 0.15) is 0 Å². The van der Waals surface area contributed by atoms with Crippen molar-refractivity contribution in [2.45, 2.75) is 19.4 Å². The molecule has 0 spiro atoms. The molecule has 1 unspecified atom stereocenters. The molecule has 1 rings (SSSR count). The van der Waals surface area contributed by atoms with Crippen LogP contribution in [0.5, 0.6) is 0 Å². The third kappa shape index (κ3) is 3.94. The zero-order valence-electron chi connectivity index (χ0n) is 8.46. The van der Waals surface area contributed by atoms with Crippen molar-refractivity contribution in [1.29, 1.82) is 0 Å². The quantitative estimate of drug-likeness (QED) is 0.647. The average Bonchev–Trinajstić information content (AvgIpc) is 2.19. The van der Waals surface area contributed by atoms with Gasteiger partial charge >= 0.3 is 0 Å². The maximum atomic E-state index is 5.43. The highest BCUT2D eigenvalue weighted by molar-refractivity contribution is 14.1. The Morgan fingerprint density at radius 3 is 2.57 bits per heavy atom. The first-order chi connectivity index (χ1) is 6.74. The molecule has 78 valence electrons. The van der Waals surface area contributed by atoms with Crippen molar-refractivity contribution in [1.82, 2.24) is 5.32 Å². The Bertz CT molecular complexity index is 258. The summed E-state index contributed by atoms with van der Waals surface area (Å²) in [5, 5.41) is 3.44. The summed E-state index contributed by atoms with van der Waals surface area (Å²) in [6.45, 7) is 3.93. The molecule has 2 nitrogen and oxygen atoms in total. The van der Waals surface area contributed by atoms with Crippen LogP contribution in [-0.2, 0) is 0 Å². The van der Waals surface area contributed by atoms with Gasteiger partial charge in [0.05, 0.1) is 0 Å². The number of hydrogen-bond acceptors (Lipinski definition) is 2. The Kier molecular flexibility index (Phi) is 5.44. The van der Waals surface area contributed by atoms with Gasteiger partial charge in [0.25, 0.3) is 0 Å². The van der Waals surface area contributed by atoms with Gasteiger partial charge in [0.15, 0.2) is 0 Å². The summed E-state index contributed by atoms with van der Waals surface area (Å²) in [7, 11) is 0. The van der Waals surface area contributed by atoms with E-state index in [1.165, 1.54) is 9.13 Å². The number of nitrogens with two attached hydrogens (primary N) is 1. The predicted molar refractivity (Wildman–Crippen MR) is 69.2 cm³/mol. The Morgan fingerprint density at radius 1 is 1.36 bits per heavy atom. The summed E-state index contributed by atoms with van der Waals surface area (Å²) in [5.74, 6) is 0. The second kappa shape index (κ2) is 6.37. The van der Waals surface area contributed by atoms with Gasteiger partial charge in [-0.1, -0.05) is 12.1 Å². The molecule has 1 aromatic rings. The van der Waals surface area contributed by atoms with E-state index in [0.717, 1.165) is 19.5 Å². The summed E-state index contributed by atoms with van der Waals surface area (Å²) in [6, 6.07) is 9.02. The molecule has 0 bridgehead atoms. The summed E-state index contributed by atoms with van der Waals surface area (Å²) in [6.07, 6.45) is 1.04. The maximum Gasteiger partial charge on any atom is 0.0291 e. The van der Waals surface area contributed by atoms with Crippen LogP contribution < -0.4 is 11.1 Å². The number of rotatable bonds is 5. The van der Waals surface area contributed by atoms with Gasteiger partial charge < -0.3 is 11.1 Å². The molecule has 0 aliphatic carbocycles. The van der Waals surface area contributed by atoms with E-state index < -0.39 is 0 Å². The molecule has 1 aromatic carbocycles. The van der Waals surface area contributed by atoms with Crippen LogP contribution in [0.3, 0.4) is 0 Å². The molecule has 0 aromatic heterocycles. The van der Waals surface area contributed by atoms with Crippen molar-refractivity contribution in [3.05, 3.63) is 33.4 Å². The first-order valence-electron chi connectivity index (χ1n) is 4.93. The van der Waals surface area contributed by atoms with E-state index in [9.17, 15) is 0 Å². The fraction of sp³-hybridized carbons (Fsp3) is 0.455. The summed E-state index contributed by atoms with van der Waals surface area (Å²) in [4.78, 5) is 0. The van der Waals surface area contributed by atoms with E-state index in [1.54, 1.807) is 0 Å². The number of hydrogen-bond donors (Lipinski definition) is 2. The molecule has 0 saturated heterocycles. The van der Waals surface area contributed by atoms with Crippen LogP contribution in [0.15, 0.2) is 24.3 Å². The van der Waals surface area contributed by atoms with Gasteiger partial charge in [-0.3, -0.25) is 0 Å². The zero-order chi connectivity index (χ0) is 10.4. The van der Waals surface area contributed by atoms with Gasteiger partial charge in [0, 0.05) is 9.61 Å². The Hall–Kier alpha value is -0.130. The lowest BCUT2D eigenvalue weighted by Crippen LogP contribution is -2.21. The molecule has 0 heterocycles. The van der Waals surface area contributed by atoms with Crippen LogP contribution in [0.2, 0.25) is 0 Å². The summed E-state index contributed by atoms with van der Waals surface area (Å²) < 4.78 is 1.28. The number of halogens is 1. The van der Waals surface area contributed by atoms with Crippen molar-refractivity contribution < 1.29 is 0 Å². The van der Waals surface area contributed by atoms with Gasteiger partial charge in [-0.15, -0.1) is 0 Å². The SMILES string of the molecule is CC(NCCCN)c1ccc(I)cc1. The highest BCUT2D eigenvalue weighted by Gasteiger charge is 2.02. The standard InChI is InChI=1S/C11H17IN2/c1-9(14-8-2-7-13)10-3-5-11(12)6-4-10/h3-6,9,14H,2,7-8,13H2,1H3. The zero-order valence-corrected chi connectivity index (χ0v) is 10.6. The van der Waals surface area contributed by atoms with Crippen LogP contribution in [0.4, 0.5) is 0 Å². The molecule has 0 radical (unpaired) electrons. The normalized spacial score (nSPS) is 12.8. The van der Waals surface area contributed by atoms with Gasteiger partial charge in [-0.05, 0) is 66.7 Å². The molecule has 0 fully saturated rings. The molecule has 0 amide bonds. The first kappa shape index (κ1) is 11.9. The van der Waals surface area contributed by atoms with E-state index in [2.05, 4.69) is 59.1 Å². The van der Waals surface area contributed by atoms with E-state index in [4.69, 9.17) is 5.73 Å². The molecule has 0 aliphatic rings. The van der Waals surface area contributed by atoms with E-state index in [0.29, 0.717) is 6.04 Å². The monoisotopic (exact) mass is 304 g/mol. The minimum absolute atomic E-state index is 0.415. The average molecular weight is 304 g/mol. The van der Waals surface area contributed by atoms with Crippen molar-refractivity contribution in [2.75, 3.05) is 13.1 Å². The minimum Gasteiger partial charge on any atom is -0.330 e. The van der Waals surface area contributed by atoms with Gasteiger partial charge in [-0.2, -0.15) is 0 Å². The summed E-state index contributed by atoms with van der Waals surface area (Å²) >= 11 is 2.32. The molecule has 1 atom stereocenters. The number of nitrogens with one attached hydrogen (secondary N) is 1. The Morgan fingerprint density at radius 2 is 2.00 bits per heavy atom. The van der Waals surface area contributed by atoms with Crippen molar-refractivity contribution in [3.8, 4) is 0 Å². The second-order valence-electron chi connectivity index (χ2n) is 3.37. The molecule has 0 aliphatic heterocycles. The molecule has 0 saturated carbocycles. The predicted octanol–water partition coefficient (Wildman–Crippen LogP) is 2.29. The minimum atomic E-state index is 0.415. The third-order valence-corrected chi connectivity index (χ3v) is 2.92.